The summed E-state index contributed by atoms with van der Waals surface area (Å²) >= 11 is 5.79. The molecular weight excluding hydrogens is 186 g/mol. The van der Waals surface area contributed by atoms with Crippen LogP contribution in [0.3, 0.4) is 0 Å². The van der Waals surface area contributed by atoms with Crippen molar-refractivity contribution in [2.24, 2.45) is 0 Å². The summed E-state index contributed by atoms with van der Waals surface area (Å²) < 4.78 is 0. The third-order valence-electron chi connectivity index (χ3n) is 1.47. The van der Waals surface area contributed by atoms with Crippen LogP contribution in [-0.2, 0) is 0 Å². The van der Waals surface area contributed by atoms with Crippen LogP contribution < -0.4 is 5.32 Å². The fraction of sp³-hybridized carbons (Fsp3) is 0.400. The average Bonchev–Trinajstić information content (AvgIpc) is 1.94. The largest absolute Gasteiger partial charge is 0.506 e. The molecule has 0 unspecified atom stereocenters. The van der Waals surface area contributed by atoms with E-state index in [9.17, 15) is 5.11 Å². The summed E-state index contributed by atoms with van der Waals surface area (Å²) in [6.07, 6.45) is 0. The highest BCUT2D eigenvalue weighted by Gasteiger charge is 2.11. The highest BCUT2D eigenvalue weighted by molar-refractivity contribution is 6.30. The maximum atomic E-state index is 9.48. The molecule has 0 spiro atoms. The van der Waals surface area contributed by atoms with E-state index >= 15 is 0 Å². The first-order valence-electron chi connectivity index (χ1n) is 4.15. The second-order valence-corrected chi connectivity index (χ2v) is 4.47. The Morgan fingerprint density at radius 2 is 1.92 bits per heavy atom. The molecule has 1 aromatic rings. The van der Waals surface area contributed by atoms with Crippen molar-refractivity contribution in [2.75, 3.05) is 5.32 Å². The molecule has 0 aliphatic carbocycles. The Bertz CT molecular complexity index is 304. The van der Waals surface area contributed by atoms with Gasteiger partial charge in [0.25, 0.3) is 0 Å². The lowest BCUT2D eigenvalue weighted by Crippen LogP contribution is -2.26. The SMILES string of the molecule is CC(C)(C)Nc1cc(Cl)ccc1O. The van der Waals surface area contributed by atoms with Crippen LogP contribution in [0.1, 0.15) is 20.8 Å². The van der Waals surface area contributed by atoms with Gasteiger partial charge in [-0.3, -0.25) is 0 Å². The molecule has 1 aromatic carbocycles. The van der Waals surface area contributed by atoms with Gasteiger partial charge in [0.2, 0.25) is 0 Å². The number of phenols is 1. The minimum atomic E-state index is -0.0812. The fourth-order valence-electron chi connectivity index (χ4n) is 1.01. The molecule has 3 heteroatoms. The highest BCUT2D eigenvalue weighted by atomic mass is 35.5. The summed E-state index contributed by atoms with van der Waals surface area (Å²) in [6.45, 7) is 6.06. The minimum absolute atomic E-state index is 0.0812. The first kappa shape index (κ1) is 10.2. The normalized spacial score (nSPS) is 11.4. The molecular formula is C10H14ClNO. The molecule has 0 radical (unpaired) electrons. The van der Waals surface area contributed by atoms with E-state index in [1.807, 2.05) is 20.8 Å². The zero-order chi connectivity index (χ0) is 10.1. The number of hydrogen-bond acceptors (Lipinski definition) is 2. The van der Waals surface area contributed by atoms with Crippen molar-refractivity contribution in [3.05, 3.63) is 23.2 Å². The molecule has 2 nitrogen and oxygen atoms in total. The number of aromatic hydroxyl groups is 1. The number of rotatable bonds is 1. The fourth-order valence-corrected chi connectivity index (χ4v) is 1.18. The first-order chi connectivity index (χ1) is 5.88. The lowest BCUT2D eigenvalue weighted by atomic mass is 10.1. The zero-order valence-corrected chi connectivity index (χ0v) is 8.81. The number of nitrogens with one attached hydrogen (secondary N) is 1. The second kappa shape index (κ2) is 3.46. The Morgan fingerprint density at radius 3 is 2.46 bits per heavy atom. The number of benzene rings is 1. The molecule has 0 heterocycles. The molecule has 0 aliphatic rings. The van der Waals surface area contributed by atoms with Crippen molar-refractivity contribution in [3.63, 3.8) is 0 Å². The quantitative estimate of drug-likeness (QED) is 0.681. The molecule has 2 N–H and O–H groups in total. The van der Waals surface area contributed by atoms with Gasteiger partial charge in [-0.15, -0.1) is 0 Å². The molecule has 0 aliphatic heterocycles. The summed E-state index contributed by atoms with van der Waals surface area (Å²) in [6, 6.07) is 4.95. The van der Waals surface area contributed by atoms with Crippen molar-refractivity contribution < 1.29 is 5.11 Å². The van der Waals surface area contributed by atoms with E-state index < -0.39 is 0 Å². The first-order valence-corrected chi connectivity index (χ1v) is 4.53. The van der Waals surface area contributed by atoms with Crippen LogP contribution in [-0.4, -0.2) is 10.6 Å². The van der Waals surface area contributed by atoms with E-state index in [-0.39, 0.29) is 11.3 Å². The van der Waals surface area contributed by atoms with E-state index in [4.69, 9.17) is 11.6 Å². The Morgan fingerprint density at radius 1 is 1.31 bits per heavy atom. The van der Waals surface area contributed by atoms with E-state index in [0.717, 1.165) is 0 Å². The van der Waals surface area contributed by atoms with Gasteiger partial charge in [-0.05, 0) is 39.0 Å². The van der Waals surface area contributed by atoms with Crippen molar-refractivity contribution in [3.8, 4) is 5.75 Å². The predicted octanol–water partition coefficient (Wildman–Crippen LogP) is 3.26. The van der Waals surface area contributed by atoms with Crippen LogP contribution in [0, 0.1) is 0 Å². The zero-order valence-electron chi connectivity index (χ0n) is 8.06. The smallest absolute Gasteiger partial charge is 0.138 e. The maximum Gasteiger partial charge on any atom is 0.138 e. The molecule has 1 rings (SSSR count). The Kier molecular flexibility index (Phi) is 2.71. The van der Waals surface area contributed by atoms with Crippen molar-refractivity contribution in [1.29, 1.82) is 0 Å². The van der Waals surface area contributed by atoms with Crippen LogP contribution in [0.25, 0.3) is 0 Å². The van der Waals surface area contributed by atoms with Gasteiger partial charge in [0, 0.05) is 10.6 Å². The third kappa shape index (κ3) is 3.15. The van der Waals surface area contributed by atoms with E-state index in [1.165, 1.54) is 0 Å². The van der Waals surface area contributed by atoms with Crippen LogP contribution in [0.15, 0.2) is 18.2 Å². The summed E-state index contributed by atoms with van der Waals surface area (Å²) in [5.41, 5.74) is 0.585. The number of halogens is 1. The van der Waals surface area contributed by atoms with Gasteiger partial charge in [-0.1, -0.05) is 11.6 Å². The second-order valence-electron chi connectivity index (χ2n) is 4.04. The van der Waals surface area contributed by atoms with Gasteiger partial charge < -0.3 is 10.4 Å². The summed E-state index contributed by atoms with van der Waals surface area (Å²) in [5.74, 6) is 0.222. The maximum absolute atomic E-state index is 9.48. The summed E-state index contributed by atoms with van der Waals surface area (Å²) in [4.78, 5) is 0. The van der Waals surface area contributed by atoms with E-state index in [1.54, 1.807) is 18.2 Å². The molecule has 0 saturated heterocycles. The summed E-state index contributed by atoms with van der Waals surface area (Å²) in [5, 5.41) is 13.2. The standard InChI is InChI=1S/C10H14ClNO/c1-10(2,3)12-8-6-7(11)4-5-9(8)13/h4-6,12-13H,1-3H3. The van der Waals surface area contributed by atoms with Crippen LogP contribution in [0.4, 0.5) is 5.69 Å². The van der Waals surface area contributed by atoms with E-state index in [0.29, 0.717) is 10.7 Å². The highest BCUT2D eigenvalue weighted by Crippen LogP contribution is 2.28. The van der Waals surface area contributed by atoms with Crippen LogP contribution >= 0.6 is 11.6 Å². The molecule has 0 aromatic heterocycles. The molecule has 0 atom stereocenters. The Hall–Kier alpha value is -0.890. The lowest BCUT2D eigenvalue weighted by Gasteiger charge is -2.22. The molecule has 0 bridgehead atoms. The van der Waals surface area contributed by atoms with E-state index in [2.05, 4.69) is 5.32 Å². The Labute approximate surface area is 83.5 Å². The van der Waals surface area contributed by atoms with Crippen LogP contribution in [0.5, 0.6) is 5.75 Å². The monoisotopic (exact) mass is 199 g/mol. The average molecular weight is 200 g/mol. The van der Waals surface area contributed by atoms with Gasteiger partial charge in [-0.25, -0.2) is 0 Å². The predicted molar refractivity (Wildman–Crippen MR) is 56.5 cm³/mol. The molecule has 0 fully saturated rings. The number of anilines is 1. The van der Waals surface area contributed by atoms with Crippen molar-refractivity contribution in [2.45, 2.75) is 26.3 Å². The minimum Gasteiger partial charge on any atom is -0.506 e. The van der Waals surface area contributed by atoms with Gasteiger partial charge >= 0.3 is 0 Å². The van der Waals surface area contributed by atoms with Gasteiger partial charge in [0.15, 0.2) is 0 Å². The van der Waals surface area contributed by atoms with Crippen LogP contribution in [0.2, 0.25) is 5.02 Å². The Balaban J connectivity index is 2.94. The lowest BCUT2D eigenvalue weighted by molar-refractivity contribution is 0.474. The van der Waals surface area contributed by atoms with Crippen molar-refractivity contribution >= 4 is 17.3 Å². The molecule has 72 valence electrons. The van der Waals surface area contributed by atoms with Gasteiger partial charge in [-0.2, -0.15) is 0 Å². The molecule has 0 saturated carbocycles. The third-order valence-corrected chi connectivity index (χ3v) is 1.70. The molecule has 13 heavy (non-hydrogen) atoms. The number of phenolic OH excluding ortho intramolecular Hbond substituents is 1. The number of hydrogen-bond donors (Lipinski definition) is 2. The van der Waals surface area contributed by atoms with Gasteiger partial charge in [0.05, 0.1) is 5.69 Å². The van der Waals surface area contributed by atoms with Gasteiger partial charge in [0.1, 0.15) is 5.75 Å². The summed E-state index contributed by atoms with van der Waals surface area (Å²) in [7, 11) is 0. The topological polar surface area (TPSA) is 32.3 Å². The molecule has 0 amide bonds. The van der Waals surface area contributed by atoms with Crippen molar-refractivity contribution in [1.82, 2.24) is 0 Å².